The van der Waals surface area contributed by atoms with E-state index in [9.17, 15) is 19.8 Å². The van der Waals surface area contributed by atoms with Gasteiger partial charge in [0.05, 0.1) is 0 Å². The third-order valence-corrected chi connectivity index (χ3v) is 5.31. The molecule has 0 aliphatic carbocycles. The van der Waals surface area contributed by atoms with Gasteiger partial charge in [0.25, 0.3) is 0 Å². The van der Waals surface area contributed by atoms with Crippen LogP contribution in [0.4, 0.5) is 0 Å². The van der Waals surface area contributed by atoms with Gasteiger partial charge in [0.15, 0.2) is 0 Å². The number of allylic oxidation sites excluding steroid dienone is 2. The van der Waals surface area contributed by atoms with Crippen molar-refractivity contribution < 1.29 is 123 Å². The quantitative estimate of drug-likeness (QED) is 0.118. The summed E-state index contributed by atoms with van der Waals surface area (Å²) in [6.07, 6.45) is 24.2. The van der Waals surface area contributed by atoms with E-state index in [1.807, 2.05) is 0 Å². The summed E-state index contributed by atoms with van der Waals surface area (Å²) in [7, 11) is 0. The fourth-order valence-electron chi connectivity index (χ4n) is 3.50. The maximum absolute atomic E-state index is 10.8. The van der Waals surface area contributed by atoms with Crippen molar-refractivity contribution in [3.8, 4) is 0 Å². The van der Waals surface area contributed by atoms with Crippen molar-refractivity contribution in [1.29, 1.82) is 0 Å². The minimum atomic E-state index is -1.31. The zero-order valence-electron chi connectivity index (χ0n) is 20.1. The molecule has 1 atom stereocenters. The summed E-state index contributed by atoms with van der Waals surface area (Å²) in [5.74, 6) is -3.49. The number of carboxylic acids is 2. The van der Waals surface area contributed by atoms with Gasteiger partial charge in [-0.15, -0.1) is 0 Å². The van der Waals surface area contributed by atoms with Crippen molar-refractivity contribution in [1.82, 2.24) is 0 Å². The molecule has 30 heavy (non-hydrogen) atoms. The number of hydrogen-bond acceptors (Lipinski definition) is 4. The number of unbranched alkanes of at least 4 members (excludes halogenated alkanes) is 14. The van der Waals surface area contributed by atoms with E-state index in [1.54, 1.807) is 0 Å². The summed E-state index contributed by atoms with van der Waals surface area (Å²) in [4.78, 5) is 21.3. The van der Waals surface area contributed by atoms with Gasteiger partial charge in [-0.1, -0.05) is 96.1 Å². The molecule has 0 N–H and O–H groups in total. The van der Waals surface area contributed by atoms with E-state index in [-0.39, 0.29) is 103 Å². The Bertz CT molecular complexity index is 414. The van der Waals surface area contributed by atoms with Crippen LogP contribution < -0.4 is 113 Å². The molecule has 0 aliphatic rings. The molecule has 6 heteroatoms. The standard InChI is InChI=1S/C24H44O4.2K/c1-2-3-4-5-6-7-8-9-10-11-12-13-14-15-16-17-18-19-20-22(24(27)28)21-23(25)26;;/h9-10,22H,2-8,11-21H2,1H3,(H,25,26)(H,27,28);;/q;2*+1/p-2/b10-9+;;. The van der Waals surface area contributed by atoms with Gasteiger partial charge in [-0.2, -0.15) is 0 Å². The molecule has 4 nitrogen and oxygen atoms in total. The number of rotatable bonds is 21. The number of carboxylic acid groups (broad SMARTS) is 2. The maximum atomic E-state index is 10.8. The summed E-state index contributed by atoms with van der Waals surface area (Å²) < 4.78 is 0. The molecule has 0 aromatic carbocycles. The minimum Gasteiger partial charge on any atom is -0.550 e. The Morgan fingerprint density at radius 3 is 1.47 bits per heavy atom. The van der Waals surface area contributed by atoms with E-state index in [2.05, 4.69) is 19.1 Å². The molecular weight excluding hydrogens is 430 g/mol. The number of carbonyl (C=O) groups excluding carboxylic acids is 2. The van der Waals surface area contributed by atoms with Crippen molar-refractivity contribution in [3.05, 3.63) is 12.2 Å². The average molecular weight is 473 g/mol. The molecule has 0 spiro atoms. The van der Waals surface area contributed by atoms with Crippen molar-refractivity contribution in [3.63, 3.8) is 0 Å². The molecule has 0 bridgehead atoms. The van der Waals surface area contributed by atoms with Gasteiger partial charge in [0.2, 0.25) is 0 Å². The van der Waals surface area contributed by atoms with Gasteiger partial charge in [-0.05, 0) is 38.5 Å². The van der Waals surface area contributed by atoms with Crippen LogP contribution in [0.2, 0.25) is 0 Å². The summed E-state index contributed by atoms with van der Waals surface area (Å²) in [6, 6.07) is 0. The molecule has 164 valence electrons. The Hall–Kier alpha value is 1.95. The van der Waals surface area contributed by atoms with E-state index in [4.69, 9.17) is 0 Å². The summed E-state index contributed by atoms with van der Waals surface area (Å²) in [5.41, 5.74) is 0. The Balaban J connectivity index is -0.00000364. The van der Waals surface area contributed by atoms with Crippen LogP contribution in [0.3, 0.4) is 0 Å². The number of hydrogen-bond donors (Lipinski definition) is 0. The average Bonchev–Trinajstić information content (AvgIpc) is 2.65. The largest absolute Gasteiger partial charge is 1.00 e. The molecule has 0 saturated heterocycles. The molecule has 0 aliphatic heterocycles. The zero-order valence-corrected chi connectivity index (χ0v) is 26.3. The van der Waals surface area contributed by atoms with Crippen LogP contribution in [0, 0.1) is 5.92 Å². The fraction of sp³-hybridized carbons (Fsp3) is 0.833. The SMILES string of the molecule is CCCCCCCC/C=C/CCCCCCCCCCC(CC(=O)[O-])C(=O)[O-].[K+].[K+]. The molecule has 1 unspecified atom stereocenters. The van der Waals surface area contributed by atoms with Crippen LogP contribution >= 0.6 is 0 Å². The Morgan fingerprint density at radius 2 is 1.07 bits per heavy atom. The van der Waals surface area contributed by atoms with Gasteiger partial charge < -0.3 is 19.8 Å². The van der Waals surface area contributed by atoms with Crippen LogP contribution in [0.25, 0.3) is 0 Å². The van der Waals surface area contributed by atoms with Gasteiger partial charge in [-0.3, -0.25) is 0 Å². The van der Waals surface area contributed by atoms with Crippen LogP contribution in [0.15, 0.2) is 12.2 Å². The van der Waals surface area contributed by atoms with Crippen molar-refractivity contribution >= 4 is 11.9 Å². The topological polar surface area (TPSA) is 80.3 Å². The van der Waals surface area contributed by atoms with E-state index < -0.39 is 24.3 Å². The van der Waals surface area contributed by atoms with E-state index in [0.29, 0.717) is 6.42 Å². The van der Waals surface area contributed by atoms with Gasteiger partial charge in [0, 0.05) is 17.9 Å². The van der Waals surface area contributed by atoms with E-state index in [1.165, 1.54) is 83.5 Å². The van der Waals surface area contributed by atoms with Crippen LogP contribution in [0.1, 0.15) is 122 Å². The van der Waals surface area contributed by atoms with Crippen molar-refractivity contribution in [2.24, 2.45) is 5.92 Å². The second kappa shape index (κ2) is 29.0. The smallest absolute Gasteiger partial charge is 0.550 e. The monoisotopic (exact) mass is 472 g/mol. The first-order valence-electron chi connectivity index (χ1n) is 11.6. The van der Waals surface area contributed by atoms with Crippen LogP contribution in [-0.4, -0.2) is 11.9 Å². The van der Waals surface area contributed by atoms with Crippen LogP contribution in [-0.2, 0) is 9.59 Å². The molecule has 0 radical (unpaired) electrons. The molecule has 0 aromatic heterocycles. The molecule has 0 amide bonds. The molecule has 0 saturated carbocycles. The van der Waals surface area contributed by atoms with Gasteiger partial charge >= 0.3 is 103 Å². The number of carbonyl (C=O) groups is 2. The molecule has 0 fully saturated rings. The Labute approximate surface area is 270 Å². The first kappa shape index (κ1) is 36.5. The Morgan fingerprint density at radius 1 is 0.667 bits per heavy atom. The third-order valence-electron chi connectivity index (χ3n) is 5.31. The maximum Gasteiger partial charge on any atom is 1.00 e. The van der Waals surface area contributed by atoms with E-state index >= 15 is 0 Å². The second-order valence-corrected chi connectivity index (χ2v) is 8.03. The molecular formula is C24H42K2O4. The summed E-state index contributed by atoms with van der Waals surface area (Å²) in [6.45, 7) is 2.25. The predicted octanol–water partition coefficient (Wildman–Crippen LogP) is -1.29. The van der Waals surface area contributed by atoms with Crippen molar-refractivity contribution in [2.75, 3.05) is 0 Å². The predicted molar refractivity (Wildman–Crippen MR) is 111 cm³/mol. The molecule has 0 heterocycles. The first-order chi connectivity index (χ1) is 13.6. The summed E-state index contributed by atoms with van der Waals surface area (Å²) in [5, 5.41) is 21.3. The summed E-state index contributed by atoms with van der Waals surface area (Å²) >= 11 is 0. The second-order valence-electron chi connectivity index (χ2n) is 8.03. The minimum absolute atomic E-state index is 0. The van der Waals surface area contributed by atoms with Gasteiger partial charge in [0.1, 0.15) is 0 Å². The molecule has 0 aromatic rings. The molecule has 0 rings (SSSR count). The van der Waals surface area contributed by atoms with Crippen LogP contribution in [0.5, 0.6) is 0 Å². The number of aliphatic carboxylic acids is 2. The fourth-order valence-corrected chi connectivity index (χ4v) is 3.50. The Kier molecular flexibility index (Phi) is 35.3. The van der Waals surface area contributed by atoms with Gasteiger partial charge in [-0.25, -0.2) is 0 Å². The zero-order chi connectivity index (χ0) is 20.9. The van der Waals surface area contributed by atoms with Crippen molar-refractivity contribution in [2.45, 2.75) is 122 Å². The third kappa shape index (κ3) is 28.0. The van der Waals surface area contributed by atoms with E-state index in [0.717, 1.165) is 19.3 Å². The normalized spacial score (nSPS) is 11.6. The first-order valence-corrected chi connectivity index (χ1v) is 11.6.